The second-order valence-electron chi connectivity index (χ2n) is 8.64. The molecule has 0 heterocycles. The van der Waals surface area contributed by atoms with Crippen molar-refractivity contribution >= 4 is 11.9 Å². The number of carbonyl (C=O) groups excluding carboxylic acids is 1. The van der Waals surface area contributed by atoms with E-state index >= 15 is 0 Å². The van der Waals surface area contributed by atoms with Gasteiger partial charge in [0, 0.05) is 6.42 Å². The van der Waals surface area contributed by atoms with E-state index in [0.717, 1.165) is 77.0 Å². The second kappa shape index (κ2) is 14.8. The van der Waals surface area contributed by atoms with Crippen LogP contribution in [-0.4, -0.2) is 45.6 Å². The van der Waals surface area contributed by atoms with Crippen molar-refractivity contribution in [2.24, 2.45) is 5.92 Å². The molecule has 1 aliphatic rings. The van der Waals surface area contributed by atoms with Crippen LogP contribution in [-0.2, 0) is 14.3 Å². The Morgan fingerprint density at radius 2 is 1.41 bits per heavy atom. The van der Waals surface area contributed by atoms with E-state index in [9.17, 15) is 19.8 Å². The van der Waals surface area contributed by atoms with Crippen LogP contribution in [0.2, 0.25) is 0 Å². The summed E-state index contributed by atoms with van der Waals surface area (Å²) >= 11 is 0. The number of esters is 1. The quantitative estimate of drug-likeness (QED) is 0.211. The van der Waals surface area contributed by atoms with Gasteiger partial charge in [-0.15, -0.1) is 0 Å². The zero-order chi connectivity index (χ0) is 21.5. The maximum Gasteiger partial charge on any atom is 0.309 e. The first-order valence-electron chi connectivity index (χ1n) is 11.7. The second-order valence-corrected chi connectivity index (χ2v) is 8.64. The zero-order valence-electron chi connectivity index (χ0n) is 18.2. The van der Waals surface area contributed by atoms with Crippen LogP contribution in [0.3, 0.4) is 0 Å². The van der Waals surface area contributed by atoms with Gasteiger partial charge in [-0.3, -0.25) is 9.59 Å². The average molecular weight is 415 g/mol. The van der Waals surface area contributed by atoms with Crippen LogP contribution in [0.5, 0.6) is 0 Å². The maximum atomic E-state index is 12.7. The third-order valence-corrected chi connectivity index (χ3v) is 6.01. The van der Waals surface area contributed by atoms with E-state index in [2.05, 4.69) is 6.92 Å². The number of unbranched alkanes of at least 4 members (excludes halogenated alkanes) is 9. The van der Waals surface area contributed by atoms with Gasteiger partial charge >= 0.3 is 11.9 Å². The van der Waals surface area contributed by atoms with Crippen molar-refractivity contribution in [3.8, 4) is 0 Å². The molecule has 2 unspecified atom stereocenters. The molecule has 1 aliphatic carbocycles. The molecule has 170 valence electrons. The molecule has 6 heteroatoms. The number of carboxylic acids is 1. The Hall–Kier alpha value is -1.14. The number of carbonyl (C=O) groups is 2. The minimum atomic E-state index is -0.978. The van der Waals surface area contributed by atoms with Gasteiger partial charge in [0.2, 0.25) is 0 Å². The molecule has 0 amide bonds. The van der Waals surface area contributed by atoms with E-state index < -0.39 is 17.7 Å². The topological polar surface area (TPSA) is 104 Å². The first-order chi connectivity index (χ1) is 13.9. The van der Waals surface area contributed by atoms with Crippen LogP contribution < -0.4 is 0 Å². The lowest BCUT2D eigenvalue weighted by Crippen LogP contribution is -2.37. The molecule has 0 aromatic heterocycles. The molecule has 0 aromatic carbocycles. The van der Waals surface area contributed by atoms with Gasteiger partial charge in [-0.25, -0.2) is 0 Å². The first-order valence-corrected chi connectivity index (χ1v) is 11.7. The lowest BCUT2D eigenvalue weighted by molar-refractivity contribution is -0.166. The number of aliphatic carboxylic acids is 1. The fraction of sp³-hybridized carbons (Fsp3) is 0.913. The average Bonchev–Trinajstić information content (AvgIpc) is 3.47. The minimum Gasteiger partial charge on any atom is -0.481 e. The summed E-state index contributed by atoms with van der Waals surface area (Å²) in [5.41, 5.74) is -0.844. The lowest BCUT2D eigenvalue weighted by atomic mass is 9.94. The van der Waals surface area contributed by atoms with Gasteiger partial charge in [0.15, 0.2) is 0 Å². The molecular weight excluding hydrogens is 372 g/mol. The Labute approximate surface area is 176 Å². The van der Waals surface area contributed by atoms with Crippen LogP contribution >= 0.6 is 0 Å². The molecular formula is C23H42O6. The fourth-order valence-corrected chi connectivity index (χ4v) is 3.82. The molecule has 2 atom stereocenters. The summed E-state index contributed by atoms with van der Waals surface area (Å²) in [5.74, 6) is -1.05. The van der Waals surface area contributed by atoms with Crippen LogP contribution in [0.4, 0.5) is 0 Å². The maximum absolute atomic E-state index is 12.7. The number of rotatable bonds is 19. The number of hydrogen-bond donors (Lipinski definition) is 3. The highest BCUT2D eigenvalue weighted by Crippen LogP contribution is 2.43. The summed E-state index contributed by atoms with van der Waals surface area (Å²) in [5, 5.41) is 27.8. The molecule has 6 nitrogen and oxygen atoms in total. The third-order valence-electron chi connectivity index (χ3n) is 6.01. The van der Waals surface area contributed by atoms with Crippen LogP contribution in [0.1, 0.15) is 110 Å². The molecule has 0 spiro atoms. The monoisotopic (exact) mass is 414 g/mol. The number of carboxylic acid groups (broad SMARTS) is 1. The number of aliphatic hydroxyl groups excluding tert-OH is 2. The third kappa shape index (κ3) is 11.0. The Bertz CT molecular complexity index is 460. The SMILES string of the molecule is CCCCCCC(CCCCCCCCCC(=O)O)C(=O)OC1(C(O)CO)CC1. The molecule has 0 bridgehead atoms. The number of aliphatic hydroxyl groups is 2. The standard InChI is InChI=1S/C23H42O6/c1-2-3-4-10-13-19(22(28)29-23(16-17-23)20(25)18-24)14-11-8-6-5-7-9-12-15-21(26)27/h19-20,24-25H,2-18H2,1H3,(H,26,27). The number of ether oxygens (including phenoxy) is 1. The summed E-state index contributed by atoms with van der Waals surface area (Å²) in [6.07, 6.45) is 13.7. The van der Waals surface area contributed by atoms with Crippen molar-refractivity contribution in [1.82, 2.24) is 0 Å². The van der Waals surface area contributed by atoms with Crippen molar-refractivity contribution in [2.75, 3.05) is 6.61 Å². The van der Waals surface area contributed by atoms with Gasteiger partial charge in [-0.2, -0.15) is 0 Å². The van der Waals surface area contributed by atoms with Crippen molar-refractivity contribution in [1.29, 1.82) is 0 Å². The van der Waals surface area contributed by atoms with Gasteiger partial charge in [0.1, 0.15) is 11.7 Å². The summed E-state index contributed by atoms with van der Waals surface area (Å²) in [6.45, 7) is 1.79. The number of hydrogen-bond acceptors (Lipinski definition) is 5. The smallest absolute Gasteiger partial charge is 0.309 e. The van der Waals surface area contributed by atoms with Crippen LogP contribution in [0.25, 0.3) is 0 Å². The highest BCUT2D eigenvalue weighted by molar-refractivity contribution is 5.73. The molecule has 0 aliphatic heterocycles. The predicted molar refractivity (Wildman–Crippen MR) is 113 cm³/mol. The van der Waals surface area contributed by atoms with Gasteiger partial charge in [0.05, 0.1) is 12.5 Å². The Balaban J connectivity index is 2.30. The summed E-state index contributed by atoms with van der Waals surface area (Å²) in [7, 11) is 0. The van der Waals surface area contributed by atoms with E-state index in [4.69, 9.17) is 9.84 Å². The molecule has 1 rings (SSSR count). The summed E-state index contributed by atoms with van der Waals surface area (Å²) in [6, 6.07) is 0. The van der Waals surface area contributed by atoms with E-state index in [1.54, 1.807) is 0 Å². The molecule has 1 saturated carbocycles. The van der Waals surface area contributed by atoms with E-state index in [-0.39, 0.29) is 24.9 Å². The van der Waals surface area contributed by atoms with Gasteiger partial charge in [-0.1, -0.05) is 71.1 Å². The largest absolute Gasteiger partial charge is 0.481 e. The Morgan fingerprint density at radius 1 is 0.897 bits per heavy atom. The normalized spacial score (nSPS) is 16.9. The Kier molecular flexibility index (Phi) is 13.2. The molecule has 0 aromatic rings. The molecule has 0 radical (unpaired) electrons. The van der Waals surface area contributed by atoms with Crippen LogP contribution in [0.15, 0.2) is 0 Å². The Morgan fingerprint density at radius 3 is 1.90 bits per heavy atom. The van der Waals surface area contributed by atoms with Crippen molar-refractivity contribution in [2.45, 2.75) is 121 Å². The van der Waals surface area contributed by atoms with Crippen molar-refractivity contribution in [3.05, 3.63) is 0 Å². The van der Waals surface area contributed by atoms with Crippen LogP contribution in [0, 0.1) is 5.92 Å². The lowest BCUT2D eigenvalue weighted by Gasteiger charge is -2.24. The minimum absolute atomic E-state index is 0.120. The van der Waals surface area contributed by atoms with Gasteiger partial charge < -0.3 is 20.1 Å². The molecule has 3 N–H and O–H groups in total. The highest BCUT2D eigenvalue weighted by Gasteiger charge is 2.53. The van der Waals surface area contributed by atoms with E-state index in [1.807, 2.05) is 0 Å². The zero-order valence-corrected chi connectivity index (χ0v) is 18.2. The van der Waals surface area contributed by atoms with Crippen molar-refractivity contribution < 1.29 is 29.6 Å². The molecule has 0 saturated heterocycles. The fourth-order valence-electron chi connectivity index (χ4n) is 3.82. The first kappa shape index (κ1) is 25.9. The van der Waals surface area contributed by atoms with Gasteiger partial charge in [0.25, 0.3) is 0 Å². The van der Waals surface area contributed by atoms with E-state index in [1.165, 1.54) is 6.42 Å². The summed E-state index contributed by atoms with van der Waals surface area (Å²) < 4.78 is 5.67. The summed E-state index contributed by atoms with van der Waals surface area (Å²) in [4.78, 5) is 23.2. The van der Waals surface area contributed by atoms with Gasteiger partial charge in [-0.05, 0) is 32.1 Å². The predicted octanol–water partition coefficient (Wildman–Crippen LogP) is 4.60. The van der Waals surface area contributed by atoms with E-state index in [0.29, 0.717) is 12.8 Å². The highest BCUT2D eigenvalue weighted by atomic mass is 16.6. The molecule has 29 heavy (non-hydrogen) atoms. The molecule has 1 fully saturated rings. The van der Waals surface area contributed by atoms with Crippen molar-refractivity contribution in [3.63, 3.8) is 0 Å².